The molecule has 1 heterocycles. The molecule has 4 heteroatoms. The third-order valence-electron chi connectivity index (χ3n) is 5.23. The van der Waals surface area contributed by atoms with Crippen molar-refractivity contribution in [3.05, 3.63) is 30.3 Å². The van der Waals surface area contributed by atoms with Gasteiger partial charge in [-0.05, 0) is 43.2 Å². The minimum absolute atomic E-state index is 0.0150. The molecule has 4 nitrogen and oxygen atoms in total. The number of carbonyl (C=O) groups is 2. The molecule has 2 aliphatic carbocycles. The normalized spacial score (nSPS) is 34.7. The van der Waals surface area contributed by atoms with E-state index in [9.17, 15) is 9.59 Å². The zero-order valence-corrected chi connectivity index (χ0v) is 11.3. The van der Waals surface area contributed by atoms with Gasteiger partial charge in [-0.1, -0.05) is 18.2 Å². The molecule has 0 unspecified atom stereocenters. The number of carbonyl (C=O) groups excluding carboxylic acids is 2. The van der Waals surface area contributed by atoms with Gasteiger partial charge in [-0.2, -0.15) is 0 Å². The monoisotopic (exact) mass is 270 g/mol. The smallest absolute Gasteiger partial charge is 0.234 e. The average molecular weight is 270 g/mol. The topological polar surface area (TPSA) is 49.4 Å². The van der Waals surface area contributed by atoms with E-state index in [1.54, 1.807) is 0 Å². The number of nitrogens with one attached hydrogen (secondary N) is 1. The number of anilines is 1. The van der Waals surface area contributed by atoms with E-state index in [2.05, 4.69) is 5.32 Å². The lowest BCUT2D eigenvalue weighted by Crippen LogP contribution is -2.36. The molecule has 1 N–H and O–H groups in total. The Morgan fingerprint density at radius 3 is 2.20 bits per heavy atom. The Kier molecular flexibility index (Phi) is 2.59. The zero-order valence-electron chi connectivity index (χ0n) is 11.3. The lowest BCUT2D eigenvalue weighted by molar-refractivity contribution is -0.140. The van der Waals surface area contributed by atoms with Crippen LogP contribution in [0.4, 0.5) is 5.69 Å². The Morgan fingerprint density at radius 2 is 1.60 bits per heavy atom. The Morgan fingerprint density at radius 1 is 1.00 bits per heavy atom. The highest BCUT2D eigenvalue weighted by molar-refractivity contribution is 6.06. The highest BCUT2D eigenvalue weighted by atomic mass is 16.2. The second-order valence-corrected chi connectivity index (χ2v) is 6.19. The molecule has 1 aromatic carbocycles. The fourth-order valence-electron chi connectivity index (χ4n) is 4.35. The van der Waals surface area contributed by atoms with E-state index in [0.29, 0.717) is 18.5 Å². The van der Waals surface area contributed by atoms with Crippen LogP contribution in [0.25, 0.3) is 0 Å². The van der Waals surface area contributed by atoms with Crippen LogP contribution in [0.3, 0.4) is 0 Å². The van der Waals surface area contributed by atoms with Gasteiger partial charge >= 0.3 is 0 Å². The molecule has 2 amide bonds. The van der Waals surface area contributed by atoms with Crippen molar-refractivity contribution >= 4 is 17.5 Å². The van der Waals surface area contributed by atoms with Crippen LogP contribution in [-0.4, -0.2) is 23.4 Å². The molecule has 1 aromatic rings. The molecular weight excluding hydrogens is 252 g/mol. The van der Waals surface area contributed by atoms with Gasteiger partial charge in [-0.3, -0.25) is 14.5 Å². The number of fused-ring (bicyclic) bond motifs is 5. The van der Waals surface area contributed by atoms with Crippen molar-refractivity contribution in [1.29, 1.82) is 0 Å². The average Bonchev–Trinajstić information content (AvgIpc) is 3.13. The van der Waals surface area contributed by atoms with Crippen molar-refractivity contribution in [1.82, 2.24) is 4.90 Å². The maximum Gasteiger partial charge on any atom is 0.234 e. The number of rotatable bonds is 3. The van der Waals surface area contributed by atoms with Crippen molar-refractivity contribution in [2.45, 2.75) is 19.3 Å². The van der Waals surface area contributed by atoms with Crippen molar-refractivity contribution < 1.29 is 9.59 Å². The van der Waals surface area contributed by atoms with E-state index in [-0.39, 0.29) is 23.7 Å². The van der Waals surface area contributed by atoms with E-state index in [1.807, 2.05) is 30.3 Å². The summed E-state index contributed by atoms with van der Waals surface area (Å²) in [5, 5.41) is 3.17. The minimum Gasteiger partial charge on any atom is -0.367 e. The summed E-state index contributed by atoms with van der Waals surface area (Å²) in [5.74, 6) is 0.996. The van der Waals surface area contributed by atoms with Gasteiger partial charge in [0.15, 0.2) is 0 Å². The molecule has 1 saturated heterocycles. The van der Waals surface area contributed by atoms with Gasteiger partial charge < -0.3 is 5.32 Å². The van der Waals surface area contributed by atoms with Crippen molar-refractivity contribution in [2.75, 3.05) is 12.0 Å². The molecule has 3 fully saturated rings. The molecule has 0 aromatic heterocycles. The lowest BCUT2D eigenvalue weighted by atomic mass is 9.81. The van der Waals surface area contributed by atoms with Gasteiger partial charge in [0.1, 0.15) is 0 Å². The number of imide groups is 1. The predicted octanol–water partition coefficient (Wildman–Crippen LogP) is 2.09. The molecule has 4 atom stereocenters. The summed E-state index contributed by atoms with van der Waals surface area (Å²) in [6.07, 6.45) is 3.35. The highest BCUT2D eigenvalue weighted by Crippen LogP contribution is 2.55. The first kappa shape index (κ1) is 11.9. The molecule has 1 aliphatic heterocycles. The number of hydrogen-bond donors (Lipinski definition) is 1. The Labute approximate surface area is 118 Å². The number of nitrogens with zero attached hydrogens (tertiary/aromatic N) is 1. The summed E-state index contributed by atoms with van der Waals surface area (Å²) in [4.78, 5) is 26.4. The molecule has 20 heavy (non-hydrogen) atoms. The van der Waals surface area contributed by atoms with Crippen LogP contribution in [0.15, 0.2) is 30.3 Å². The van der Waals surface area contributed by atoms with Crippen LogP contribution in [0.2, 0.25) is 0 Å². The Bertz CT molecular complexity index is 529. The second-order valence-electron chi connectivity index (χ2n) is 6.19. The highest BCUT2D eigenvalue weighted by Gasteiger charge is 2.60. The van der Waals surface area contributed by atoms with Crippen molar-refractivity contribution in [3.8, 4) is 0 Å². The molecular formula is C16H18N2O2. The summed E-state index contributed by atoms with van der Waals surface area (Å²) in [7, 11) is 0. The van der Waals surface area contributed by atoms with Crippen LogP contribution in [-0.2, 0) is 9.59 Å². The maximum absolute atomic E-state index is 12.5. The van der Waals surface area contributed by atoms with E-state index in [0.717, 1.165) is 24.9 Å². The molecule has 0 radical (unpaired) electrons. The standard InChI is InChI=1S/C16H18N2O2/c19-15-13-10-6-7-11(8-10)14(13)16(20)18(15)9-17-12-4-2-1-3-5-12/h1-5,10-11,13-14,17H,6-9H2/t10-,11-,13+,14+/m0/s1. The van der Waals surface area contributed by atoms with Crippen molar-refractivity contribution in [2.24, 2.45) is 23.7 Å². The molecule has 2 bridgehead atoms. The number of hydrogen-bond acceptors (Lipinski definition) is 3. The third-order valence-corrected chi connectivity index (χ3v) is 5.23. The second kappa shape index (κ2) is 4.33. The lowest BCUT2D eigenvalue weighted by Gasteiger charge is -2.19. The van der Waals surface area contributed by atoms with Crippen LogP contribution >= 0.6 is 0 Å². The van der Waals surface area contributed by atoms with E-state index < -0.39 is 0 Å². The van der Waals surface area contributed by atoms with Gasteiger partial charge in [0.2, 0.25) is 11.8 Å². The molecule has 2 saturated carbocycles. The SMILES string of the molecule is O=C1[C@@H]2[C@H]3CC[C@@H](C3)[C@H]2C(=O)N1CNc1ccccc1. The van der Waals surface area contributed by atoms with Crippen LogP contribution < -0.4 is 5.32 Å². The van der Waals surface area contributed by atoms with Crippen molar-refractivity contribution in [3.63, 3.8) is 0 Å². The summed E-state index contributed by atoms with van der Waals surface area (Å²) in [5.41, 5.74) is 0.938. The van der Waals surface area contributed by atoms with E-state index in [1.165, 1.54) is 4.90 Å². The summed E-state index contributed by atoms with van der Waals surface area (Å²) in [6.45, 7) is 0.300. The van der Waals surface area contributed by atoms with Gasteiger partial charge in [-0.25, -0.2) is 0 Å². The molecule has 0 spiro atoms. The minimum atomic E-state index is -0.0150. The molecule has 3 aliphatic rings. The van der Waals surface area contributed by atoms with Crippen LogP contribution in [0.5, 0.6) is 0 Å². The van der Waals surface area contributed by atoms with Gasteiger partial charge in [-0.15, -0.1) is 0 Å². The molecule has 4 rings (SSSR count). The number of likely N-dealkylation sites (tertiary alicyclic amines) is 1. The predicted molar refractivity (Wildman–Crippen MR) is 74.6 cm³/mol. The number of benzene rings is 1. The van der Waals surface area contributed by atoms with Crippen LogP contribution in [0, 0.1) is 23.7 Å². The zero-order chi connectivity index (χ0) is 13.7. The van der Waals surface area contributed by atoms with Gasteiger partial charge in [0.25, 0.3) is 0 Å². The third kappa shape index (κ3) is 1.60. The first-order valence-electron chi connectivity index (χ1n) is 7.40. The molecule has 104 valence electrons. The fourth-order valence-corrected chi connectivity index (χ4v) is 4.35. The summed E-state index contributed by atoms with van der Waals surface area (Å²) >= 11 is 0. The first-order valence-corrected chi connectivity index (χ1v) is 7.40. The van der Waals surface area contributed by atoms with Crippen LogP contribution in [0.1, 0.15) is 19.3 Å². The maximum atomic E-state index is 12.5. The van der Waals surface area contributed by atoms with E-state index in [4.69, 9.17) is 0 Å². The summed E-state index contributed by atoms with van der Waals surface area (Å²) in [6, 6.07) is 9.69. The Hall–Kier alpha value is -1.84. The first-order chi connectivity index (χ1) is 9.75. The summed E-state index contributed by atoms with van der Waals surface area (Å²) < 4.78 is 0. The van der Waals surface area contributed by atoms with Gasteiger partial charge in [0.05, 0.1) is 18.5 Å². The quantitative estimate of drug-likeness (QED) is 0.856. The van der Waals surface area contributed by atoms with E-state index >= 15 is 0 Å². The number of amides is 2. The Balaban J connectivity index is 1.50. The largest absolute Gasteiger partial charge is 0.367 e. The number of para-hydroxylation sites is 1. The van der Waals surface area contributed by atoms with Gasteiger partial charge in [0, 0.05) is 5.69 Å². The fraction of sp³-hybridized carbons (Fsp3) is 0.500.